The molecule has 1 saturated carbocycles. The van der Waals surface area contributed by atoms with Crippen LogP contribution in [0, 0.1) is 5.92 Å². The van der Waals surface area contributed by atoms with Crippen molar-refractivity contribution in [1.82, 2.24) is 9.80 Å². The van der Waals surface area contributed by atoms with Crippen LogP contribution in [0.3, 0.4) is 0 Å². The lowest BCUT2D eigenvalue weighted by atomic mass is 10.0. The second-order valence-electron chi connectivity index (χ2n) is 7.67. The number of hydrogen-bond donors (Lipinski definition) is 1. The highest BCUT2D eigenvalue weighted by Gasteiger charge is 2.26. The predicted molar refractivity (Wildman–Crippen MR) is 110 cm³/mol. The van der Waals surface area contributed by atoms with Crippen LogP contribution in [0.5, 0.6) is 0 Å². The van der Waals surface area contributed by atoms with E-state index in [-0.39, 0.29) is 30.3 Å². The highest BCUT2D eigenvalue weighted by Crippen LogP contribution is 2.28. The maximum absolute atomic E-state index is 12.5. The smallest absolute Gasteiger partial charge is 0.224 e. The molecule has 2 amide bonds. The van der Waals surface area contributed by atoms with Gasteiger partial charge in [0.1, 0.15) is 0 Å². The molecule has 1 aliphatic heterocycles. The van der Waals surface area contributed by atoms with Gasteiger partial charge in [0.05, 0.1) is 0 Å². The highest BCUT2D eigenvalue weighted by molar-refractivity contribution is 5.85. The lowest BCUT2D eigenvalue weighted by Gasteiger charge is -2.35. The molecule has 5 nitrogen and oxygen atoms in total. The molecule has 2 N–H and O–H groups in total. The van der Waals surface area contributed by atoms with E-state index in [0.29, 0.717) is 39.0 Å². The Balaban J connectivity index is 0.00000261. The van der Waals surface area contributed by atoms with Gasteiger partial charge in [0.2, 0.25) is 11.8 Å². The van der Waals surface area contributed by atoms with Gasteiger partial charge in [0.15, 0.2) is 0 Å². The van der Waals surface area contributed by atoms with E-state index in [4.69, 9.17) is 5.73 Å². The van der Waals surface area contributed by atoms with Crippen molar-refractivity contribution in [3.8, 4) is 0 Å². The van der Waals surface area contributed by atoms with Gasteiger partial charge < -0.3 is 15.5 Å². The van der Waals surface area contributed by atoms with Crippen molar-refractivity contribution in [1.29, 1.82) is 0 Å². The summed E-state index contributed by atoms with van der Waals surface area (Å²) in [4.78, 5) is 28.7. The molecule has 27 heavy (non-hydrogen) atoms. The Morgan fingerprint density at radius 2 is 1.52 bits per heavy atom. The second-order valence-corrected chi connectivity index (χ2v) is 7.67. The van der Waals surface area contributed by atoms with Crippen LogP contribution in [0.2, 0.25) is 0 Å². The van der Waals surface area contributed by atoms with E-state index in [1.807, 2.05) is 40.1 Å². The number of hydrogen-bond acceptors (Lipinski definition) is 3. The molecule has 1 unspecified atom stereocenters. The minimum Gasteiger partial charge on any atom is -0.339 e. The summed E-state index contributed by atoms with van der Waals surface area (Å²) in [6.45, 7) is 2.54. The van der Waals surface area contributed by atoms with Crippen LogP contribution >= 0.6 is 12.4 Å². The van der Waals surface area contributed by atoms with Crippen molar-refractivity contribution in [3.05, 3.63) is 35.9 Å². The molecule has 1 aromatic carbocycles. The highest BCUT2D eigenvalue weighted by atomic mass is 35.5. The predicted octanol–water partition coefficient (Wildman–Crippen LogP) is 3.14. The number of amides is 2. The number of nitrogens with two attached hydrogens (primary N) is 1. The molecule has 6 heteroatoms. The molecule has 0 bridgehead atoms. The van der Waals surface area contributed by atoms with Gasteiger partial charge in [-0.25, -0.2) is 0 Å². The number of halogens is 1. The van der Waals surface area contributed by atoms with Crippen molar-refractivity contribution in [2.45, 2.75) is 51.0 Å². The molecule has 2 fully saturated rings. The SMILES string of the molecule is Cl.NC(CC(=O)N1CCN(C(=O)CCC2CCCC2)CC1)c1ccccc1. The minimum absolute atomic E-state index is 0. The molecule has 1 aromatic rings. The minimum atomic E-state index is -0.269. The summed E-state index contributed by atoms with van der Waals surface area (Å²) in [5.41, 5.74) is 7.15. The van der Waals surface area contributed by atoms with E-state index in [1.54, 1.807) is 0 Å². The van der Waals surface area contributed by atoms with E-state index in [0.717, 1.165) is 17.9 Å². The van der Waals surface area contributed by atoms with E-state index in [1.165, 1.54) is 25.7 Å². The Morgan fingerprint density at radius 3 is 2.11 bits per heavy atom. The molecule has 0 aromatic heterocycles. The molecule has 1 heterocycles. The number of nitrogens with zero attached hydrogens (tertiary/aromatic N) is 2. The van der Waals surface area contributed by atoms with Crippen molar-refractivity contribution in [3.63, 3.8) is 0 Å². The Kier molecular flexibility index (Phi) is 8.58. The summed E-state index contributed by atoms with van der Waals surface area (Å²) < 4.78 is 0. The second kappa shape index (κ2) is 10.7. The summed E-state index contributed by atoms with van der Waals surface area (Å²) in [6.07, 6.45) is 7.24. The summed E-state index contributed by atoms with van der Waals surface area (Å²) in [7, 11) is 0. The Hall–Kier alpha value is -1.59. The summed E-state index contributed by atoms with van der Waals surface area (Å²) in [6, 6.07) is 9.47. The van der Waals surface area contributed by atoms with Gasteiger partial charge in [-0.1, -0.05) is 56.0 Å². The number of rotatable bonds is 6. The number of benzene rings is 1. The zero-order valence-electron chi connectivity index (χ0n) is 16.0. The van der Waals surface area contributed by atoms with Gasteiger partial charge in [-0.05, 0) is 17.9 Å². The van der Waals surface area contributed by atoms with Gasteiger partial charge in [-0.2, -0.15) is 0 Å². The zero-order valence-corrected chi connectivity index (χ0v) is 16.8. The van der Waals surface area contributed by atoms with Crippen LogP contribution in [0.15, 0.2) is 30.3 Å². The van der Waals surface area contributed by atoms with E-state index in [2.05, 4.69) is 0 Å². The Morgan fingerprint density at radius 1 is 0.963 bits per heavy atom. The van der Waals surface area contributed by atoms with Gasteiger partial charge in [-0.3, -0.25) is 9.59 Å². The lowest BCUT2D eigenvalue weighted by Crippen LogP contribution is -2.51. The average Bonchev–Trinajstić information content (AvgIpc) is 3.20. The molecular formula is C21H32ClN3O2. The van der Waals surface area contributed by atoms with Crippen molar-refractivity contribution < 1.29 is 9.59 Å². The molecule has 2 aliphatic rings. The zero-order chi connectivity index (χ0) is 18.4. The largest absolute Gasteiger partial charge is 0.339 e. The third-order valence-corrected chi connectivity index (χ3v) is 5.85. The van der Waals surface area contributed by atoms with Gasteiger partial charge in [0, 0.05) is 45.1 Å². The van der Waals surface area contributed by atoms with Crippen LogP contribution in [-0.4, -0.2) is 47.8 Å². The normalized spacial score (nSPS) is 18.9. The Labute approximate surface area is 168 Å². The first-order valence-corrected chi connectivity index (χ1v) is 9.99. The van der Waals surface area contributed by atoms with Gasteiger partial charge in [-0.15, -0.1) is 12.4 Å². The number of piperazine rings is 1. The van der Waals surface area contributed by atoms with Gasteiger partial charge >= 0.3 is 0 Å². The summed E-state index contributed by atoms with van der Waals surface area (Å²) >= 11 is 0. The topological polar surface area (TPSA) is 66.6 Å². The van der Waals surface area contributed by atoms with Crippen LogP contribution in [0.25, 0.3) is 0 Å². The summed E-state index contributed by atoms with van der Waals surface area (Å²) in [5, 5.41) is 0. The monoisotopic (exact) mass is 393 g/mol. The standard InChI is InChI=1S/C21H31N3O2.ClH/c22-19(18-8-2-1-3-9-18)16-21(26)24-14-12-23(13-15-24)20(25)11-10-17-6-4-5-7-17;/h1-3,8-9,17,19H,4-7,10-16,22H2;1H. The van der Waals surface area contributed by atoms with Crippen LogP contribution in [0.1, 0.15) is 56.6 Å². The van der Waals surface area contributed by atoms with Crippen LogP contribution in [-0.2, 0) is 9.59 Å². The van der Waals surface area contributed by atoms with Crippen molar-refractivity contribution in [2.24, 2.45) is 11.7 Å². The molecule has 1 saturated heterocycles. The lowest BCUT2D eigenvalue weighted by molar-refractivity contribution is -0.140. The molecule has 1 atom stereocenters. The van der Waals surface area contributed by atoms with Crippen molar-refractivity contribution in [2.75, 3.05) is 26.2 Å². The summed E-state index contributed by atoms with van der Waals surface area (Å²) in [5.74, 6) is 1.09. The number of carbonyl (C=O) groups is 2. The first-order valence-electron chi connectivity index (χ1n) is 9.99. The van der Waals surface area contributed by atoms with E-state index < -0.39 is 0 Å². The molecule has 3 rings (SSSR count). The van der Waals surface area contributed by atoms with Crippen molar-refractivity contribution >= 4 is 24.2 Å². The fourth-order valence-electron chi connectivity index (χ4n) is 4.13. The molecule has 150 valence electrons. The molecule has 0 radical (unpaired) electrons. The molecular weight excluding hydrogens is 362 g/mol. The first-order chi connectivity index (χ1) is 12.6. The first kappa shape index (κ1) is 21.7. The number of carbonyl (C=O) groups excluding carboxylic acids is 2. The van der Waals surface area contributed by atoms with E-state index in [9.17, 15) is 9.59 Å². The Bertz CT molecular complexity index is 597. The molecule has 1 aliphatic carbocycles. The maximum Gasteiger partial charge on any atom is 0.224 e. The van der Waals surface area contributed by atoms with E-state index >= 15 is 0 Å². The quantitative estimate of drug-likeness (QED) is 0.807. The van der Waals surface area contributed by atoms with Gasteiger partial charge in [0.25, 0.3) is 0 Å². The van der Waals surface area contributed by atoms with Crippen LogP contribution in [0.4, 0.5) is 0 Å². The fourth-order valence-corrected chi connectivity index (χ4v) is 4.13. The third kappa shape index (κ3) is 6.22. The van der Waals surface area contributed by atoms with Crippen LogP contribution < -0.4 is 5.73 Å². The third-order valence-electron chi connectivity index (χ3n) is 5.85. The molecule has 0 spiro atoms. The fraction of sp³-hybridized carbons (Fsp3) is 0.619. The average molecular weight is 394 g/mol. The maximum atomic E-state index is 12.5.